The molecule has 0 radical (unpaired) electrons. The van der Waals surface area contributed by atoms with Crippen molar-refractivity contribution in [3.8, 4) is 6.01 Å². The molecule has 0 aliphatic rings. The molecule has 7 nitrogen and oxygen atoms in total. The van der Waals surface area contributed by atoms with Gasteiger partial charge in [0.05, 0.1) is 6.54 Å². The van der Waals surface area contributed by atoms with Crippen LogP contribution in [0.2, 0.25) is 0 Å². The Hall–Kier alpha value is -3.16. The van der Waals surface area contributed by atoms with E-state index in [4.69, 9.17) is 4.74 Å². The third kappa shape index (κ3) is 2.94. The summed E-state index contributed by atoms with van der Waals surface area (Å²) in [6.07, 6.45) is 3.60. The number of allylic oxidation sites excluding steroid dienone is 1. The number of aryl methyl sites for hydroxylation is 1. The van der Waals surface area contributed by atoms with Gasteiger partial charge in [0, 0.05) is 19.7 Å². The zero-order valence-corrected chi connectivity index (χ0v) is 14.8. The third-order valence-electron chi connectivity index (χ3n) is 4.14. The summed E-state index contributed by atoms with van der Waals surface area (Å²) in [5, 5.41) is 0. The number of aromatic nitrogens is 4. The van der Waals surface area contributed by atoms with E-state index in [9.17, 15) is 14.0 Å². The van der Waals surface area contributed by atoms with Gasteiger partial charge in [0.2, 0.25) is 0 Å². The standard InChI is InChI=1S/C18H19FN4O3/c1-4-5-10-26-17-20-15-14(16(24)22(3)18(25)21(15)2)23(17)11-12-8-6-7-9-13(12)19/h4-9H,10-11H2,1-3H3/b5-4+. The van der Waals surface area contributed by atoms with Crippen molar-refractivity contribution in [3.05, 3.63) is 68.6 Å². The molecule has 0 aliphatic heterocycles. The molecule has 26 heavy (non-hydrogen) atoms. The fourth-order valence-corrected chi connectivity index (χ4v) is 2.70. The molecule has 0 unspecified atom stereocenters. The van der Waals surface area contributed by atoms with Crippen molar-refractivity contribution in [1.82, 2.24) is 18.7 Å². The fraction of sp³-hybridized carbons (Fsp3) is 0.278. The molecule has 0 spiro atoms. The van der Waals surface area contributed by atoms with E-state index in [2.05, 4.69) is 4.98 Å². The topological polar surface area (TPSA) is 71.1 Å². The molecule has 0 aliphatic carbocycles. The highest BCUT2D eigenvalue weighted by atomic mass is 19.1. The van der Waals surface area contributed by atoms with Crippen LogP contribution >= 0.6 is 0 Å². The Labute approximate surface area is 148 Å². The Morgan fingerprint density at radius 1 is 1.19 bits per heavy atom. The molecule has 0 N–H and O–H groups in total. The summed E-state index contributed by atoms with van der Waals surface area (Å²) in [5.41, 5.74) is -0.220. The number of nitrogens with zero attached hydrogens (tertiary/aromatic N) is 4. The molecule has 0 atom stereocenters. The first kappa shape index (κ1) is 17.7. The molecule has 136 valence electrons. The Balaban J connectivity index is 2.26. The molecular weight excluding hydrogens is 339 g/mol. The first-order valence-electron chi connectivity index (χ1n) is 8.09. The van der Waals surface area contributed by atoms with Crippen molar-refractivity contribution in [2.24, 2.45) is 14.1 Å². The molecule has 2 aromatic heterocycles. The quantitative estimate of drug-likeness (QED) is 0.649. The first-order chi connectivity index (χ1) is 12.5. The van der Waals surface area contributed by atoms with Crippen molar-refractivity contribution in [2.45, 2.75) is 13.5 Å². The van der Waals surface area contributed by atoms with E-state index in [1.54, 1.807) is 24.3 Å². The largest absolute Gasteiger partial charge is 0.460 e. The summed E-state index contributed by atoms with van der Waals surface area (Å²) in [6.45, 7) is 2.15. The summed E-state index contributed by atoms with van der Waals surface area (Å²) < 4.78 is 23.5. The van der Waals surface area contributed by atoms with E-state index < -0.39 is 17.1 Å². The summed E-state index contributed by atoms with van der Waals surface area (Å²) in [7, 11) is 2.92. The van der Waals surface area contributed by atoms with Crippen LogP contribution in [0.1, 0.15) is 12.5 Å². The lowest BCUT2D eigenvalue weighted by Crippen LogP contribution is -2.37. The maximum atomic E-state index is 14.1. The third-order valence-corrected chi connectivity index (χ3v) is 4.14. The van der Waals surface area contributed by atoms with Gasteiger partial charge in [-0.2, -0.15) is 4.98 Å². The minimum absolute atomic E-state index is 0.0573. The van der Waals surface area contributed by atoms with Crippen LogP contribution in [0.3, 0.4) is 0 Å². The SMILES string of the molecule is C/C=C/COc1nc2c(c(=O)n(C)c(=O)n2C)n1Cc1ccccc1F. The van der Waals surface area contributed by atoms with Crippen LogP contribution in [0.5, 0.6) is 6.01 Å². The van der Waals surface area contributed by atoms with Gasteiger partial charge in [0.25, 0.3) is 11.6 Å². The van der Waals surface area contributed by atoms with Gasteiger partial charge >= 0.3 is 5.69 Å². The van der Waals surface area contributed by atoms with E-state index in [0.717, 1.165) is 4.57 Å². The average Bonchev–Trinajstić information content (AvgIpc) is 2.99. The minimum atomic E-state index is -0.507. The van der Waals surface area contributed by atoms with Crippen LogP contribution in [0.4, 0.5) is 4.39 Å². The number of fused-ring (bicyclic) bond motifs is 1. The molecule has 8 heteroatoms. The van der Waals surface area contributed by atoms with Gasteiger partial charge in [-0.25, -0.2) is 9.18 Å². The van der Waals surface area contributed by atoms with Crippen LogP contribution in [-0.4, -0.2) is 25.3 Å². The zero-order valence-electron chi connectivity index (χ0n) is 14.8. The molecule has 0 saturated carbocycles. The number of halogens is 1. The summed E-state index contributed by atoms with van der Waals surface area (Å²) in [5.74, 6) is -0.393. The van der Waals surface area contributed by atoms with Crippen LogP contribution in [0.15, 0.2) is 46.0 Å². The van der Waals surface area contributed by atoms with Crippen LogP contribution < -0.4 is 16.0 Å². The van der Waals surface area contributed by atoms with Crippen molar-refractivity contribution in [2.75, 3.05) is 6.61 Å². The van der Waals surface area contributed by atoms with E-state index >= 15 is 0 Å². The number of benzene rings is 1. The molecule has 3 rings (SSSR count). The highest BCUT2D eigenvalue weighted by molar-refractivity contribution is 5.72. The van der Waals surface area contributed by atoms with Gasteiger partial charge < -0.3 is 4.74 Å². The smallest absolute Gasteiger partial charge is 0.332 e. The Bertz CT molecular complexity index is 1110. The Kier molecular flexibility index (Phi) is 4.75. The van der Waals surface area contributed by atoms with Gasteiger partial charge in [0.1, 0.15) is 12.4 Å². The summed E-state index contributed by atoms with van der Waals surface area (Å²) >= 11 is 0. The van der Waals surface area contributed by atoms with Gasteiger partial charge in [-0.15, -0.1) is 0 Å². The van der Waals surface area contributed by atoms with Gasteiger partial charge in [-0.1, -0.05) is 30.4 Å². The number of hydrogen-bond donors (Lipinski definition) is 0. The van der Waals surface area contributed by atoms with E-state index in [1.165, 1.54) is 29.3 Å². The second-order valence-electron chi connectivity index (χ2n) is 5.83. The molecule has 2 heterocycles. The number of ether oxygens (including phenoxy) is 1. The Morgan fingerprint density at radius 3 is 2.62 bits per heavy atom. The number of imidazole rings is 1. The van der Waals surface area contributed by atoms with E-state index in [-0.39, 0.29) is 30.3 Å². The monoisotopic (exact) mass is 358 g/mol. The van der Waals surface area contributed by atoms with Crippen molar-refractivity contribution in [1.29, 1.82) is 0 Å². The highest BCUT2D eigenvalue weighted by Crippen LogP contribution is 2.20. The molecule has 1 aromatic carbocycles. The van der Waals surface area contributed by atoms with Crippen molar-refractivity contribution < 1.29 is 9.13 Å². The maximum absolute atomic E-state index is 14.1. The number of rotatable bonds is 5. The second-order valence-corrected chi connectivity index (χ2v) is 5.83. The van der Waals surface area contributed by atoms with Crippen LogP contribution in [0.25, 0.3) is 11.2 Å². The van der Waals surface area contributed by atoms with Gasteiger partial charge in [-0.05, 0) is 13.0 Å². The molecule has 0 amide bonds. The van der Waals surface area contributed by atoms with Crippen LogP contribution in [-0.2, 0) is 20.6 Å². The zero-order chi connectivity index (χ0) is 18.8. The minimum Gasteiger partial charge on any atom is -0.460 e. The average molecular weight is 358 g/mol. The van der Waals surface area contributed by atoms with Crippen molar-refractivity contribution in [3.63, 3.8) is 0 Å². The predicted molar refractivity (Wildman–Crippen MR) is 96.0 cm³/mol. The normalized spacial score (nSPS) is 11.5. The summed E-state index contributed by atoms with van der Waals surface area (Å²) in [6, 6.07) is 6.44. The van der Waals surface area contributed by atoms with E-state index in [0.29, 0.717) is 5.56 Å². The van der Waals surface area contributed by atoms with Crippen molar-refractivity contribution >= 4 is 11.2 Å². The maximum Gasteiger partial charge on any atom is 0.332 e. The Morgan fingerprint density at radius 2 is 1.92 bits per heavy atom. The highest BCUT2D eigenvalue weighted by Gasteiger charge is 2.20. The van der Waals surface area contributed by atoms with E-state index in [1.807, 2.05) is 13.0 Å². The summed E-state index contributed by atoms with van der Waals surface area (Å²) in [4.78, 5) is 29.1. The fourth-order valence-electron chi connectivity index (χ4n) is 2.70. The number of hydrogen-bond acceptors (Lipinski definition) is 4. The lowest BCUT2D eigenvalue weighted by Gasteiger charge is -2.10. The van der Waals surface area contributed by atoms with Crippen LogP contribution in [0, 0.1) is 5.82 Å². The predicted octanol–water partition coefficient (Wildman–Crippen LogP) is 1.58. The second kappa shape index (κ2) is 6.99. The lowest BCUT2D eigenvalue weighted by molar-refractivity contribution is 0.319. The molecule has 0 fully saturated rings. The van der Waals surface area contributed by atoms with Gasteiger partial charge in [-0.3, -0.25) is 18.5 Å². The molecule has 0 saturated heterocycles. The lowest BCUT2D eigenvalue weighted by atomic mass is 10.2. The molecular formula is C18H19FN4O3. The molecule has 3 aromatic rings. The molecule has 0 bridgehead atoms. The van der Waals surface area contributed by atoms with Gasteiger partial charge in [0.15, 0.2) is 11.2 Å². The first-order valence-corrected chi connectivity index (χ1v) is 8.09.